The Balaban J connectivity index is 1.68. The molecule has 2 heterocycles. The van der Waals surface area contributed by atoms with Crippen LogP contribution in [-0.2, 0) is 16.0 Å². The van der Waals surface area contributed by atoms with Crippen LogP contribution in [0.1, 0.15) is 28.3 Å². The number of rotatable bonds is 5. The van der Waals surface area contributed by atoms with Crippen LogP contribution in [0.5, 0.6) is 0 Å². The Morgan fingerprint density at radius 1 is 1.07 bits per heavy atom. The fourth-order valence-electron chi connectivity index (χ4n) is 3.55. The Kier molecular flexibility index (Phi) is 4.87. The third-order valence-corrected chi connectivity index (χ3v) is 5.20. The Morgan fingerprint density at radius 2 is 1.80 bits per heavy atom. The molecule has 0 radical (unpaired) electrons. The average Bonchev–Trinajstić information content (AvgIpc) is 3.08. The lowest BCUT2D eigenvalue weighted by Gasteiger charge is -2.15. The van der Waals surface area contributed by atoms with Gasteiger partial charge in [-0.25, -0.2) is 9.59 Å². The molecule has 0 aliphatic heterocycles. The van der Waals surface area contributed by atoms with Gasteiger partial charge in [0.1, 0.15) is 11.2 Å². The first-order chi connectivity index (χ1) is 14.3. The summed E-state index contributed by atoms with van der Waals surface area (Å²) in [6, 6.07) is 10.7. The zero-order valence-electron chi connectivity index (χ0n) is 16.4. The van der Waals surface area contributed by atoms with E-state index in [1.165, 1.54) is 0 Å². The lowest BCUT2D eigenvalue weighted by Crippen LogP contribution is -2.35. The second-order valence-corrected chi connectivity index (χ2v) is 7.18. The standard InChI is InChI=1S/C23H19NO6/c1-12-11-29-18-10-19-16(8-15(12)18)13(2)17(23(28)30-19)9-20(25)24-21(22(26)27)14-6-4-3-5-7-14/h3-8,10-11,21H,9H2,1-2H3,(H,24,25)(H,26,27)/t21-/m1/s1. The molecule has 2 aromatic heterocycles. The van der Waals surface area contributed by atoms with Crippen molar-refractivity contribution in [3.05, 3.63) is 81.4 Å². The first kappa shape index (κ1) is 19.4. The van der Waals surface area contributed by atoms with E-state index in [-0.39, 0.29) is 12.0 Å². The summed E-state index contributed by atoms with van der Waals surface area (Å²) >= 11 is 0. The smallest absolute Gasteiger partial charge is 0.340 e. The van der Waals surface area contributed by atoms with Crippen molar-refractivity contribution >= 4 is 33.8 Å². The zero-order chi connectivity index (χ0) is 21.4. The van der Waals surface area contributed by atoms with Gasteiger partial charge >= 0.3 is 11.6 Å². The molecule has 30 heavy (non-hydrogen) atoms. The zero-order valence-corrected chi connectivity index (χ0v) is 16.4. The first-order valence-electron chi connectivity index (χ1n) is 9.36. The number of carbonyl (C=O) groups is 2. The Morgan fingerprint density at radius 3 is 2.50 bits per heavy atom. The molecule has 152 valence electrons. The number of benzene rings is 2. The van der Waals surface area contributed by atoms with Gasteiger partial charge in [-0.1, -0.05) is 30.3 Å². The van der Waals surface area contributed by atoms with Crippen LogP contribution in [0.3, 0.4) is 0 Å². The number of amides is 1. The summed E-state index contributed by atoms with van der Waals surface area (Å²) in [7, 11) is 0. The molecule has 7 heteroatoms. The summed E-state index contributed by atoms with van der Waals surface area (Å²) in [6.07, 6.45) is 1.34. The highest BCUT2D eigenvalue weighted by atomic mass is 16.4. The maximum Gasteiger partial charge on any atom is 0.340 e. The van der Waals surface area contributed by atoms with Crippen molar-refractivity contribution in [2.24, 2.45) is 0 Å². The van der Waals surface area contributed by atoms with Gasteiger partial charge in [0.05, 0.1) is 18.2 Å². The predicted molar refractivity (Wildman–Crippen MR) is 110 cm³/mol. The summed E-state index contributed by atoms with van der Waals surface area (Å²) in [5, 5.41) is 13.6. The minimum atomic E-state index is -1.21. The van der Waals surface area contributed by atoms with Crippen molar-refractivity contribution < 1.29 is 23.5 Å². The van der Waals surface area contributed by atoms with Gasteiger partial charge in [-0.3, -0.25) is 4.79 Å². The summed E-state index contributed by atoms with van der Waals surface area (Å²) < 4.78 is 10.9. The van der Waals surface area contributed by atoms with Crippen LogP contribution >= 0.6 is 0 Å². The van der Waals surface area contributed by atoms with Crippen molar-refractivity contribution in [1.29, 1.82) is 0 Å². The third-order valence-electron chi connectivity index (χ3n) is 5.20. The number of carboxylic acids is 1. The topological polar surface area (TPSA) is 110 Å². The van der Waals surface area contributed by atoms with Crippen molar-refractivity contribution in [2.75, 3.05) is 0 Å². The van der Waals surface area contributed by atoms with Crippen molar-refractivity contribution in [3.63, 3.8) is 0 Å². The lowest BCUT2D eigenvalue weighted by atomic mass is 10.0. The normalized spacial score (nSPS) is 12.2. The number of carboxylic acid groups (broad SMARTS) is 1. The van der Waals surface area contributed by atoms with Gasteiger partial charge in [0, 0.05) is 16.8 Å². The molecule has 0 saturated heterocycles. The summed E-state index contributed by atoms with van der Waals surface area (Å²) in [4.78, 5) is 36.7. The molecule has 0 fully saturated rings. The van der Waals surface area contributed by atoms with Gasteiger partial charge in [-0.2, -0.15) is 0 Å². The average molecular weight is 405 g/mol. The van der Waals surface area contributed by atoms with Crippen LogP contribution in [0.25, 0.3) is 21.9 Å². The number of aryl methyl sites for hydroxylation is 2. The number of aliphatic carboxylic acids is 1. The summed E-state index contributed by atoms with van der Waals surface area (Å²) in [6.45, 7) is 3.66. The molecule has 0 spiro atoms. The van der Waals surface area contributed by atoms with E-state index in [0.29, 0.717) is 27.7 Å². The van der Waals surface area contributed by atoms with Gasteiger partial charge in [0.25, 0.3) is 0 Å². The predicted octanol–water partition coefficient (Wildman–Crippen LogP) is 3.64. The monoisotopic (exact) mass is 405 g/mol. The van der Waals surface area contributed by atoms with E-state index >= 15 is 0 Å². The molecule has 0 unspecified atom stereocenters. The van der Waals surface area contributed by atoms with Gasteiger partial charge < -0.3 is 19.3 Å². The Labute approximate surface area is 170 Å². The second-order valence-electron chi connectivity index (χ2n) is 7.18. The van der Waals surface area contributed by atoms with Crippen molar-refractivity contribution in [1.82, 2.24) is 5.32 Å². The van der Waals surface area contributed by atoms with E-state index in [2.05, 4.69) is 5.32 Å². The highest BCUT2D eigenvalue weighted by Crippen LogP contribution is 2.29. The maximum absolute atomic E-state index is 12.6. The maximum atomic E-state index is 12.6. The summed E-state index contributed by atoms with van der Waals surface area (Å²) in [5.41, 5.74) is 2.55. The fraction of sp³-hybridized carbons (Fsp3) is 0.174. The van der Waals surface area contributed by atoms with Crippen molar-refractivity contribution in [2.45, 2.75) is 26.3 Å². The minimum Gasteiger partial charge on any atom is -0.479 e. The van der Waals surface area contributed by atoms with Crippen LogP contribution in [0.4, 0.5) is 0 Å². The molecule has 1 amide bonds. The van der Waals surface area contributed by atoms with E-state index in [1.807, 2.05) is 13.0 Å². The molecule has 0 bridgehead atoms. The van der Waals surface area contributed by atoms with E-state index in [4.69, 9.17) is 8.83 Å². The molecule has 1 atom stereocenters. The SMILES string of the molecule is Cc1coc2cc3oc(=O)c(CC(=O)N[C@@H](C(=O)O)c4ccccc4)c(C)c3cc12. The highest BCUT2D eigenvalue weighted by molar-refractivity contribution is 5.96. The number of fused-ring (bicyclic) bond motifs is 2. The Hall–Kier alpha value is -3.87. The molecule has 2 N–H and O–H groups in total. The van der Waals surface area contributed by atoms with Gasteiger partial charge in [-0.05, 0) is 36.6 Å². The third kappa shape index (κ3) is 3.45. The molecule has 4 aromatic rings. The number of carbonyl (C=O) groups excluding carboxylic acids is 1. The minimum absolute atomic E-state index is 0.192. The van der Waals surface area contributed by atoms with Crippen LogP contribution in [-0.4, -0.2) is 17.0 Å². The van der Waals surface area contributed by atoms with Crippen LogP contribution in [0, 0.1) is 13.8 Å². The number of hydrogen-bond acceptors (Lipinski definition) is 5. The number of nitrogens with one attached hydrogen (secondary N) is 1. The van der Waals surface area contributed by atoms with Gasteiger partial charge in [-0.15, -0.1) is 0 Å². The molecular formula is C23H19NO6. The first-order valence-corrected chi connectivity index (χ1v) is 9.36. The molecular weight excluding hydrogens is 386 g/mol. The molecule has 0 saturated carbocycles. The van der Waals surface area contributed by atoms with Crippen LogP contribution < -0.4 is 10.9 Å². The summed E-state index contributed by atoms with van der Waals surface area (Å²) in [5.74, 6) is -1.77. The van der Waals surface area contributed by atoms with Gasteiger partial charge in [0.2, 0.25) is 5.91 Å². The molecule has 4 rings (SSSR count). The van der Waals surface area contributed by atoms with E-state index in [1.54, 1.807) is 49.6 Å². The second kappa shape index (κ2) is 7.51. The molecule has 0 aliphatic rings. The lowest BCUT2D eigenvalue weighted by molar-refractivity contribution is -0.142. The quantitative estimate of drug-likeness (QED) is 0.491. The molecule has 7 nitrogen and oxygen atoms in total. The molecule has 0 aliphatic carbocycles. The largest absolute Gasteiger partial charge is 0.479 e. The number of furan rings is 1. The van der Waals surface area contributed by atoms with Gasteiger partial charge in [0.15, 0.2) is 6.04 Å². The molecule has 2 aromatic carbocycles. The number of hydrogen-bond donors (Lipinski definition) is 2. The van der Waals surface area contributed by atoms with Crippen molar-refractivity contribution in [3.8, 4) is 0 Å². The van der Waals surface area contributed by atoms with E-state index < -0.39 is 23.5 Å². The van der Waals surface area contributed by atoms with Crippen LogP contribution in [0.2, 0.25) is 0 Å². The Bertz CT molecular complexity index is 1330. The van der Waals surface area contributed by atoms with E-state index in [9.17, 15) is 19.5 Å². The van der Waals surface area contributed by atoms with E-state index in [0.717, 1.165) is 10.9 Å². The fourth-order valence-corrected chi connectivity index (χ4v) is 3.55. The van der Waals surface area contributed by atoms with Crippen LogP contribution in [0.15, 0.2) is 62.4 Å². The highest BCUT2D eigenvalue weighted by Gasteiger charge is 2.23.